The van der Waals surface area contributed by atoms with E-state index in [9.17, 15) is 0 Å². The zero-order valence-corrected chi connectivity index (χ0v) is 13.1. The normalized spacial score (nSPS) is 20.5. The van der Waals surface area contributed by atoms with Crippen LogP contribution in [0.3, 0.4) is 0 Å². The van der Waals surface area contributed by atoms with Gasteiger partial charge < -0.3 is 10.1 Å². The summed E-state index contributed by atoms with van der Waals surface area (Å²) >= 11 is 2.10. The number of hydrogen-bond acceptors (Lipinski definition) is 3. The van der Waals surface area contributed by atoms with Crippen molar-refractivity contribution in [2.45, 2.75) is 44.4 Å². The van der Waals surface area contributed by atoms with Gasteiger partial charge in [0.1, 0.15) is 5.75 Å². The maximum Gasteiger partial charge on any atom is 0.123 e. The van der Waals surface area contributed by atoms with Crippen molar-refractivity contribution in [1.29, 1.82) is 0 Å². The van der Waals surface area contributed by atoms with E-state index in [0.29, 0.717) is 11.3 Å². The standard InChI is InChI=1S/C16H25NOS/c1-4-9-17-16(15-6-5-10-19-15)13-11-12(2)7-8-14(13)18-3/h7-8,11,15-17H,4-6,9-10H2,1-3H3. The number of rotatable bonds is 6. The Kier molecular flexibility index (Phi) is 5.59. The minimum Gasteiger partial charge on any atom is -0.496 e. The van der Waals surface area contributed by atoms with Crippen LogP contribution < -0.4 is 10.1 Å². The van der Waals surface area contributed by atoms with E-state index >= 15 is 0 Å². The van der Waals surface area contributed by atoms with Gasteiger partial charge in [0.2, 0.25) is 0 Å². The topological polar surface area (TPSA) is 21.3 Å². The van der Waals surface area contributed by atoms with Gasteiger partial charge in [-0.25, -0.2) is 0 Å². The number of nitrogens with one attached hydrogen (secondary N) is 1. The van der Waals surface area contributed by atoms with Gasteiger partial charge in [0, 0.05) is 16.9 Å². The van der Waals surface area contributed by atoms with Crippen molar-refractivity contribution in [2.75, 3.05) is 19.4 Å². The molecule has 106 valence electrons. The lowest BCUT2D eigenvalue weighted by atomic mass is 9.98. The first-order valence-electron chi connectivity index (χ1n) is 7.25. The molecule has 1 heterocycles. The van der Waals surface area contributed by atoms with Gasteiger partial charge in [-0.3, -0.25) is 0 Å². The maximum absolute atomic E-state index is 5.57. The minimum absolute atomic E-state index is 0.419. The van der Waals surface area contributed by atoms with Crippen molar-refractivity contribution in [2.24, 2.45) is 0 Å². The predicted molar refractivity (Wildman–Crippen MR) is 84.2 cm³/mol. The lowest BCUT2D eigenvalue weighted by Gasteiger charge is -2.26. The SMILES string of the molecule is CCCNC(c1cc(C)ccc1OC)C1CCCS1. The van der Waals surface area contributed by atoms with Crippen LogP contribution in [-0.4, -0.2) is 24.7 Å². The van der Waals surface area contributed by atoms with E-state index < -0.39 is 0 Å². The molecule has 0 aliphatic carbocycles. The third-order valence-electron chi connectivity index (χ3n) is 3.67. The molecule has 2 atom stereocenters. The first-order valence-corrected chi connectivity index (χ1v) is 8.30. The number of benzene rings is 1. The number of aryl methyl sites for hydroxylation is 1. The summed E-state index contributed by atoms with van der Waals surface area (Å²) in [4.78, 5) is 0. The number of methoxy groups -OCH3 is 1. The highest BCUT2D eigenvalue weighted by Gasteiger charge is 2.28. The molecule has 0 spiro atoms. The average Bonchev–Trinajstić information content (AvgIpc) is 2.93. The summed E-state index contributed by atoms with van der Waals surface area (Å²) in [5, 5.41) is 4.41. The van der Waals surface area contributed by atoms with Crippen molar-refractivity contribution in [3.63, 3.8) is 0 Å². The highest BCUT2D eigenvalue weighted by atomic mass is 32.2. The van der Waals surface area contributed by atoms with Crippen molar-refractivity contribution < 1.29 is 4.74 Å². The Morgan fingerprint density at radius 1 is 1.47 bits per heavy atom. The molecule has 0 aromatic heterocycles. The molecule has 2 nitrogen and oxygen atoms in total. The molecule has 2 unspecified atom stereocenters. The Balaban J connectivity index is 2.27. The summed E-state index contributed by atoms with van der Waals surface area (Å²) in [6.45, 7) is 5.44. The van der Waals surface area contributed by atoms with Gasteiger partial charge in [-0.1, -0.05) is 24.6 Å². The van der Waals surface area contributed by atoms with Crippen LogP contribution in [-0.2, 0) is 0 Å². The molecule has 1 aliphatic rings. The van der Waals surface area contributed by atoms with E-state index in [0.717, 1.165) is 12.3 Å². The van der Waals surface area contributed by atoms with Crippen molar-refractivity contribution in [3.8, 4) is 5.75 Å². The molecule has 1 aliphatic heterocycles. The predicted octanol–water partition coefficient (Wildman–Crippen LogP) is 3.94. The zero-order valence-electron chi connectivity index (χ0n) is 12.2. The quantitative estimate of drug-likeness (QED) is 0.852. The van der Waals surface area contributed by atoms with Gasteiger partial charge in [0.15, 0.2) is 0 Å². The Hall–Kier alpha value is -0.670. The van der Waals surface area contributed by atoms with Gasteiger partial charge in [-0.05, 0) is 44.6 Å². The number of thioether (sulfide) groups is 1. The summed E-state index contributed by atoms with van der Waals surface area (Å²) in [5.74, 6) is 2.31. The second kappa shape index (κ2) is 7.20. The molecule has 1 fully saturated rings. The molecule has 1 N–H and O–H groups in total. The van der Waals surface area contributed by atoms with Gasteiger partial charge in [0.25, 0.3) is 0 Å². The van der Waals surface area contributed by atoms with Gasteiger partial charge in [-0.2, -0.15) is 11.8 Å². The smallest absolute Gasteiger partial charge is 0.123 e. The molecular weight excluding hydrogens is 254 g/mol. The van der Waals surface area contributed by atoms with Crippen molar-refractivity contribution in [1.82, 2.24) is 5.32 Å². The maximum atomic E-state index is 5.57. The molecule has 19 heavy (non-hydrogen) atoms. The van der Waals surface area contributed by atoms with Crippen LogP contribution in [0.15, 0.2) is 18.2 Å². The van der Waals surface area contributed by atoms with Crippen LogP contribution in [0, 0.1) is 6.92 Å². The van der Waals surface area contributed by atoms with Crippen LogP contribution in [0.25, 0.3) is 0 Å². The first-order chi connectivity index (χ1) is 9.26. The highest BCUT2D eigenvalue weighted by molar-refractivity contribution is 8.00. The molecule has 1 aromatic rings. The fraction of sp³-hybridized carbons (Fsp3) is 0.625. The second-order valence-electron chi connectivity index (χ2n) is 5.23. The number of ether oxygens (including phenoxy) is 1. The van der Waals surface area contributed by atoms with Crippen molar-refractivity contribution in [3.05, 3.63) is 29.3 Å². The second-order valence-corrected chi connectivity index (χ2v) is 6.58. The number of hydrogen-bond donors (Lipinski definition) is 1. The summed E-state index contributed by atoms with van der Waals surface area (Å²) in [6, 6.07) is 6.93. The molecule has 0 radical (unpaired) electrons. The summed E-state index contributed by atoms with van der Waals surface area (Å²) in [7, 11) is 1.77. The Morgan fingerprint density at radius 2 is 2.32 bits per heavy atom. The molecular formula is C16H25NOS. The highest BCUT2D eigenvalue weighted by Crippen LogP contribution is 2.39. The third kappa shape index (κ3) is 3.67. The van der Waals surface area contributed by atoms with Gasteiger partial charge in [-0.15, -0.1) is 0 Å². The van der Waals surface area contributed by atoms with Crippen LogP contribution in [0.2, 0.25) is 0 Å². The van der Waals surface area contributed by atoms with Crippen LogP contribution in [0.4, 0.5) is 0 Å². The molecule has 0 bridgehead atoms. The first kappa shape index (κ1) is 14.7. The lowest BCUT2D eigenvalue weighted by molar-refractivity contribution is 0.395. The van der Waals surface area contributed by atoms with Gasteiger partial charge in [0.05, 0.1) is 7.11 Å². The molecule has 1 saturated heterocycles. The minimum atomic E-state index is 0.419. The monoisotopic (exact) mass is 279 g/mol. The van der Waals surface area contributed by atoms with Gasteiger partial charge >= 0.3 is 0 Å². The summed E-state index contributed by atoms with van der Waals surface area (Å²) in [5.41, 5.74) is 2.64. The molecule has 1 aromatic carbocycles. The molecule has 2 rings (SSSR count). The molecule has 3 heteroatoms. The van der Waals surface area contributed by atoms with E-state index in [-0.39, 0.29) is 0 Å². The summed E-state index contributed by atoms with van der Waals surface area (Å²) in [6.07, 6.45) is 3.82. The van der Waals surface area contributed by atoms with Crippen LogP contribution in [0.5, 0.6) is 5.75 Å². The lowest BCUT2D eigenvalue weighted by Crippen LogP contribution is -2.30. The molecule has 0 saturated carbocycles. The van der Waals surface area contributed by atoms with E-state index in [4.69, 9.17) is 4.74 Å². The Labute approximate surface area is 121 Å². The van der Waals surface area contributed by atoms with E-state index in [1.54, 1.807) is 7.11 Å². The van der Waals surface area contributed by atoms with Crippen molar-refractivity contribution >= 4 is 11.8 Å². The van der Waals surface area contributed by atoms with E-state index in [2.05, 4.69) is 49.1 Å². The Morgan fingerprint density at radius 3 is 2.95 bits per heavy atom. The largest absolute Gasteiger partial charge is 0.496 e. The average molecular weight is 279 g/mol. The Bertz CT molecular complexity index is 402. The van der Waals surface area contributed by atoms with E-state index in [1.807, 2.05) is 0 Å². The zero-order chi connectivity index (χ0) is 13.7. The molecule has 0 amide bonds. The fourth-order valence-corrected chi connectivity index (χ4v) is 4.11. The summed E-state index contributed by atoms with van der Waals surface area (Å²) < 4.78 is 5.57. The van der Waals surface area contributed by atoms with Crippen LogP contribution in [0.1, 0.15) is 43.4 Å². The van der Waals surface area contributed by atoms with Crippen LogP contribution >= 0.6 is 11.8 Å². The third-order valence-corrected chi connectivity index (χ3v) is 5.13. The fourth-order valence-electron chi connectivity index (χ4n) is 2.70. The van der Waals surface area contributed by atoms with E-state index in [1.165, 1.54) is 36.1 Å².